The number of hydrogen-bond donors (Lipinski definition) is 1. The van der Waals surface area contributed by atoms with Crippen molar-refractivity contribution in [3.63, 3.8) is 0 Å². The van der Waals surface area contributed by atoms with Crippen LogP contribution in [0.5, 0.6) is 11.5 Å². The summed E-state index contributed by atoms with van der Waals surface area (Å²) in [7, 11) is -3.70. The average molecular weight is 326 g/mol. The zero-order valence-electron chi connectivity index (χ0n) is 11.1. The van der Waals surface area contributed by atoms with Gasteiger partial charge in [-0.15, -0.1) is 0 Å². The van der Waals surface area contributed by atoms with Crippen molar-refractivity contribution in [2.45, 2.75) is 11.8 Å². The molecule has 2 aromatic carbocycles. The molecule has 0 fully saturated rings. The Kier molecular flexibility index (Phi) is 3.43. The van der Waals surface area contributed by atoms with Gasteiger partial charge in [0.25, 0.3) is 10.0 Å². The molecule has 1 aliphatic rings. The Labute approximate surface area is 127 Å². The lowest BCUT2D eigenvalue weighted by atomic mass is 10.2. The summed E-state index contributed by atoms with van der Waals surface area (Å²) in [5.41, 5.74) is 1.22. The van der Waals surface area contributed by atoms with Gasteiger partial charge in [-0.25, -0.2) is 8.42 Å². The van der Waals surface area contributed by atoms with Gasteiger partial charge in [-0.3, -0.25) is 4.72 Å². The highest BCUT2D eigenvalue weighted by Crippen LogP contribution is 2.35. The van der Waals surface area contributed by atoms with Crippen LogP contribution in [-0.2, 0) is 10.0 Å². The molecule has 0 radical (unpaired) electrons. The van der Waals surface area contributed by atoms with Crippen LogP contribution in [0.1, 0.15) is 5.56 Å². The van der Waals surface area contributed by atoms with Crippen molar-refractivity contribution < 1.29 is 17.9 Å². The molecule has 0 saturated heterocycles. The van der Waals surface area contributed by atoms with Gasteiger partial charge < -0.3 is 9.47 Å². The molecule has 3 rings (SSSR count). The lowest BCUT2D eigenvalue weighted by molar-refractivity contribution is 0.174. The molecule has 5 nitrogen and oxygen atoms in total. The number of anilines is 1. The van der Waals surface area contributed by atoms with Crippen LogP contribution in [0.3, 0.4) is 0 Å². The van der Waals surface area contributed by atoms with E-state index in [4.69, 9.17) is 21.1 Å². The highest BCUT2D eigenvalue weighted by atomic mass is 35.5. The Morgan fingerprint density at radius 3 is 2.62 bits per heavy atom. The highest BCUT2D eigenvalue weighted by molar-refractivity contribution is 7.92. The van der Waals surface area contributed by atoms with Gasteiger partial charge in [0.05, 0.1) is 10.6 Å². The number of fused-ring (bicyclic) bond motifs is 1. The van der Waals surface area contributed by atoms with Gasteiger partial charge in [0.15, 0.2) is 11.5 Å². The van der Waals surface area contributed by atoms with Gasteiger partial charge in [0.1, 0.15) is 0 Å². The second-order valence-corrected chi connectivity index (χ2v) is 6.67. The third-order valence-electron chi connectivity index (χ3n) is 3.08. The fourth-order valence-electron chi connectivity index (χ4n) is 1.91. The Morgan fingerprint density at radius 2 is 1.86 bits per heavy atom. The first-order valence-electron chi connectivity index (χ1n) is 6.14. The van der Waals surface area contributed by atoms with E-state index in [1.54, 1.807) is 24.3 Å². The molecule has 0 amide bonds. The number of rotatable bonds is 3. The Balaban J connectivity index is 1.90. The minimum Gasteiger partial charge on any atom is -0.454 e. The monoisotopic (exact) mass is 325 g/mol. The van der Waals surface area contributed by atoms with E-state index in [2.05, 4.69) is 4.72 Å². The summed E-state index contributed by atoms with van der Waals surface area (Å²) in [4.78, 5) is 0.107. The first-order valence-corrected chi connectivity index (χ1v) is 8.00. The molecule has 0 aliphatic carbocycles. The summed E-state index contributed by atoms with van der Waals surface area (Å²) in [5.74, 6) is 1.11. The molecule has 7 heteroatoms. The first kappa shape index (κ1) is 14.0. The molecule has 1 aliphatic heterocycles. The van der Waals surface area contributed by atoms with Gasteiger partial charge in [-0.2, -0.15) is 0 Å². The van der Waals surface area contributed by atoms with Crippen molar-refractivity contribution >= 4 is 27.3 Å². The predicted molar refractivity (Wildman–Crippen MR) is 79.6 cm³/mol. The number of ether oxygens (including phenoxy) is 2. The maximum absolute atomic E-state index is 12.3. The normalized spacial score (nSPS) is 13.2. The lowest BCUT2D eigenvalue weighted by Gasteiger charge is -2.09. The van der Waals surface area contributed by atoms with Crippen molar-refractivity contribution in [3.05, 3.63) is 47.0 Å². The second kappa shape index (κ2) is 5.13. The molecule has 0 saturated carbocycles. The van der Waals surface area contributed by atoms with E-state index in [0.717, 1.165) is 5.56 Å². The average Bonchev–Trinajstić information content (AvgIpc) is 2.88. The SMILES string of the molecule is Cc1ccc(S(=O)(=O)Nc2ccc3c(c2)OCO3)cc1Cl. The van der Waals surface area contributed by atoms with Crippen molar-refractivity contribution in [3.8, 4) is 11.5 Å². The summed E-state index contributed by atoms with van der Waals surface area (Å²) in [6, 6.07) is 9.44. The van der Waals surface area contributed by atoms with Crippen molar-refractivity contribution in [1.82, 2.24) is 0 Å². The second-order valence-electron chi connectivity index (χ2n) is 4.58. The molecule has 0 spiro atoms. The summed E-state index contributed by atoms with van der Waals surface area (Å²) in [6.45, 7) is 1.95. The number of halogens is 1. The molecular formula is C14H12ClNO4S. The zero-order valence-corrected chi connectivity index (χ0v) is 12.7. The topological polar surface area (TPSA) is 64.6 Å². The summed E-state index contributed by atoms with van der Waals surface area (Å²) < 4.78 is 37.5. The van der Waals surface area contributed by atoms with E-state index < -0.39 is 10.0 Å². The molecule has 0 unspecified atom stereocenters. The molecule has 1 heterocycles. The number of nitrogens with one attached hydrogen (secondary N) is 1. The molecule has 0 aromatic heterocycles. The van der Waals surface area contributed by atoms with Gasteiger partial charge in [0.2, 0.25) is 6.79 Å². The van der Waals surface area contributed by atoms with Crippen LogP contribution in [0.15, 0.2) is 41.3 Å². The smallest absolute Gasteiger partial charge is 0.261 e. The minimum absolute atomic E-state index is 0.107. The van der Waals surface area contributed by atoms with Gasteiger partial charge in [-0.05, 0) is 36.8 Å². The van der Waals surface area contributed by atoms with Gasteiger partial charge in [0, 0.05) is 11.1 Å². The largest absolute Gasteiger partial charge is 0.454 e. The number of aryl methyl sites for hydroxylation is 1. The Hall–Kier alpha value is -1.92. The maximum atomic E-state index is 12.3. The number of sulfonamides is 1. The molecule has 110 valence electrons. The molecular weight excluding hydrogens is 314 g/mol. The van der Waals surface area contributed by atoms with E-state index in [-0.39, 0.29) is 11.7 Å². The van der Waals surface area contributed by atoms with Crippen molar-refractivity contribution in [2.75, 3.05) is 11.5 Å². The molecule has 0 atom stereocenters. The molecule has 1 N–H and O–H groups in total. The molecule has 2 aromatic rings. The maximum Gasteiger partial charge on any atom is 0.261 e. The Morgan fingerprint density at radius 1 is 1.10 bits per heavy atom. The van der Waals surface area contributed by atoms with Crippen LogP contribution in [0.2, 0.25) is 5.02 Å². The fourth-order valence-corrected chi connectivity index (χ4v) is 3.24. The summed E-state index contributed by atoms with van der Waals surface area (Å²) in [6.07, 6.45) is 0. The molecule has 0 bridgehead atoms. The lowest BCUT2D eigenvalue weighted by Crippen LogP contribution is -2.13. The van der Waals surface area contributed by atoms with Crippen LogP contribution in [0.25, 0.3) is 0 Å². The molecule has 21 heavy (non-hydrogen) atoms. The third-order valence-corrected chi connectivity index (χ3v) is 4.86. The van der Waals surface area contributed by atoms with Gasteiger partial charge in [-0.1, -0.05) is 17.7 Å². The van der Waals surface area contributed by atoms with E-state index in [9.17, 15) is 8.42 Å². The van der Waals surface area contributed by atoms with Gasteiger partial charge >= 0.3 is 0 Å². The zero-order chi connectivity index (χ0) is 15.0. The van der Waals surface area contributed by atoms with E-state index in [0.29, 0.717) is 22.2 Å². The Bertz CT molecular complexity index is 805. The fraction of sp³-hybridized carbons (Fsp3) is 0.143. The van der Waals surface area contributed by atoms with Crippen LogP contribution in [-0.4, -0.2) is 15.2 Å². The van der Waals surface area contributed by atoms with E-state index in [1.165, 1.54) is 12.1 Å². The van der Waals surface area contributed by atoms with Crippen molar-refractivity contribution in [2.24, 2.45) is 0 Å². The summed E-state index contributed by atoms with van der Waals surface area (Å²) >= 11 is 5.97. The third kappa shape index (κ3) is 2.77. The van der Waals surface area contributed by atoms with Crippen LogP contribution >= 0.6 is 11.6 Å². The van der Waals surface area contributed by atoms with Crippen molar-refractivity contribution in [1.29, 1.82) is 0 Å². The van der Waals surface area contributed by atoms with E-state index >= 15 is 0 Å². The number of hydrogen-bond acceptors (Lipinski definition) is 4. The quantitative estimate of drug-likeness (QED) is 0.941. The van der Waals surface area contributed by atoms with Crippen LogP contribution in [0, 0.1) is 6.92 Å². The minimum atomic E-state index is -3.70. The highest BCUT2D eigenvalue weighted by Gasteiger charge is 2.18. The number of benzene rings is 2. The van der Waals surface area contributed by atoms with Crippen LogP contribution in [0.4, 0.5) is 5.69 Å². The van der Waals surface area contributed by atoms with E-state index in [1.807, 2.05) is 6.92 Å². The standard InChI is InChI=1S/C14H12ClNO4S/c1-9-2-4-11(7-12(9)15)21(17,18)16-10-3-5-13-14(6-10)20-8-19-13/h2-7,16H,8H2,1H3. The van der Waals surface area contributed by atoms with Crippen LogP contribution < -0.4 is 14.2 Å². The predicted octanol–water partition coefficient (Wildman–Crippen LogP) is 3.18. The first-order chi connectivity index (χ1) is 9.95. The summed E-state index contributed by atoms with van der Waals surface area (Å²) in [5, 5.41) is 0.406.